The highest BCUT2D eigenvalue weighted by Gasteiger charge is 2.32. The smallest absolute Gasteiger partial charge is 0.356 e. The fourth-order valence-electron chi connectivity index (χ4n) is 2.03. The first-order valence-corrected chi connectivity index (χ1v) is 7.22. The SMILES string of the molecule is CC1CN(CCn2cnc(C(=O)O)c2)S(=O)(=O)C1. The van der Waals surface area contributed by atoms with Crippen molar-refractivity contribution in [3.05, 3.63) is 18.2 Å². The first-order valence-electron chi connectivity index (χ1n) is 5.61. The number of hydrogen-bond acceptors (Lipinski definition) is 4. The van der Waals surface area contributed by atoms with Gasteiger partial charge in [-0.2, -0.15) is 4.31 Å². The second kappa shape index (κ2) is 4.69. The molecule has 1 aromatic heterocycles. The Morgan fingerprint density at radius 2 is 2.28 bits per heavy atom. The number of rotatable bonds is 4. The lowest BCUT2D eigenvalue weighted by molar-refractivity contribution is 0.0691. The Bertz CT molecular complexity index is 551. The summed E-state index contributed by atoms with van der Waals surface area (Å²) in [4.78, 5) is 14.3. The van der Waals surface area contributed by atoms with Crippen molar-refractivity contribution in [1.82, 2.24) is 13.9 Å². The van der Waals surface area contributed by atoms with Crippen LogP contribution in [0.3, 0.4) is 0 Å². The van der Waals surface area contributed by atoms with Crippen molar-refractivity contribution < 1.29 is 18.3 Å². The van der Waals surface area contributed by atoms with Gasteiger partial charge in [-0.1, -0.05) is 6.92 Å². The van der Waals surface area contributed by atoms with Gasteiger partial charge in [0.05, 0.1) is 12.1 Å². The summed E-state index contributed by atoms with van der Waals surface area (Å²) < 4.78 is 26.5. The molecule has 0 aliphatic carbocycles. The van der Waals surface area contributed by atoms with Gasteiger partial charge in [0.2, 0.25) is 10.0 Å². The number of hydrogen-bond donors (Lipinski definition) is 1. The summed E-state index contributed by atoms with van der Waals surface area (Å²) in [7, 11) is -3.13. The molecule has 0 radical (unpaired) electrons. The van der Waals surface area contributed by atoms with E-state index in [1.165, 1.54) is 16.8 Å². The van der Waals surface area contributed by atoms with Crippen molar-refractivity contribution >= 4 is 16.0 Å². The molecule has 1 fully saturated rings. The predicted molar refractivity (Wildman–Crippen MR) is 63.7 cm³/mol. The van der Waals surface area contributed by atoms with Gasteiger partial charge in [-0.05, 0) is 5.92 Å². The van der Waals surface area contributed by atoms with Crippen LogP contribution in [0.5, 0.6) is 0 Å². The molecule has 8 heteroatoms. The van der Waals surface area contributed by atoms with Crippen LogP contribution in [0, 0.1) is 5.92 Å². The maximum Gasteiger partial charge on any atom is 0.356 e. The number of carboxylic acids is 1. The maximum absolute atomic E-state index is 11.7. The van der Waals surface area contributed by atoms with Gasteiger partial charge >= 0.3 is 5.97 Å². The zero-order valence-electron chi connectivity index (χ0n) is 9.98. The molecule has 18 heavy (non-hydrogen) atoms. The molecule has 0 amide bonds. The van der Waals surface area contributed by atoms with Gasteiger partial charge in [0.25, 0.3) is 0 Å². The first-order chi connectivity index (χ1) is 8.38. The lowest BCUT2D eigenvalue weighted by Gasteiger charge is -2.14. The van der Waals surface area contributed by atoms with E-state index in [9.17, 15) is 13.2 Å². The number of imidazole rings is 1. The molecule has 1 saturated heterocycles. The van der Waals surface area contributed by atoms with E-state index in [-0.39, 0.29) is 17.4 Å². The molecule has 100 valence electrons. The van der Waals surface area contributed by atoms with Crippen molar-refractivity contribution in [2.24, 2.45) is 5.92 Å². The van der Waals surface area contributed by atoms with Crippen LogP contribution in [0.1, 0.15) is 17.4 Å². The summed E-state index contributed by atoms with van der Waals surface area (Å²) in [5, 5.41) is 8.71. The largest absolute Gasteiger partial charge is 0.476 e. The van der Waals surface area contributed by atoms with Gasteiger partial charge in [0.15, 0.2) is 5.69 Å². The molecule has 1 unspecified atom stereocenters. The van der Waals surface area contributed by atoms with Gasteiger partial charge in [-0.3, -0.25) is 0 Å². The number of aromatic nitrogens is 2. The Hall–Kier alpha value is -1.41. The number of aromatic carboxylic acids is 1. The summed E-state index contributed by atoms with van der Waals surface area (Å²) in [5.41, 5.74) is -0.0346. The predicted octanol–water partition coefficient (Wildman–Crippen LogP) is -0.137. The minimum absolute atomic E-state index is 0.0346. The average Bonchev–Trinajstić information content (AvgIpc) is 2.80. The molecule has 7 nitrogen and oxygen atoms in total. The van der Waals surface area contributed by atoms with E-state index in [0.717, 1.165) is 0 Å². The molecule has 1 aliphatic heterocycles. The maximum atomic E-state index is 11.7. The molecule has 2 heterocycles. The highest BCUT2D eigenvalue weighted by atomic mass is 32.2. The molecule has 1 aliphatic rings. The number of sulfonamides is 1. The van der Waals surface area contributed by atoms with Crippen LogP contribution in [0.25, 0.3) is 0 Å². The van der Waals surface area contributed by atoms with Gasteiger partial charge < -0.3 is 9.67 Å². The van der Waals surface area contributed by atoms with E-state index in [1.54, 1.807) is 4.57 Å². The van der Waals surface area contributed by atoms with Crippen LogP contribution in [-0.2, 0) is 16.6 Å². The minimum atomic E-state index is -3.13. The minimum Gasteiger partial charge on any atom is -0.476 e. The van der Waals surface area contributed by atoms with Gasteiger partial charge in [-0.15, -0.1) is 0 Å². The zero-order chi connectivity index (χ0) is 13.3. The van der Waals surface area contributed by atoms with Crippen LogP contribution >= 0.6 is 0 Å². The first kappa shape index (κ1) is 13.0. The molecule has 0 aromatic carbocycles. The summed E-state index contributed by atoms with van der Waals surface area (Å²) in [6.45, 7) is 3.19. The topological polar surface area (TPSA) is 92.5 Å². The molecular weight excluding hydrogens is 258 g/mol. The van der Waals surface area contributed by atoms with E-state index < -0.39 is 16.0 Å². The summed E-state index contributed by atoms with van der Waals surface area (Å²) in [6, 6.07) is 0. The third-order valence-corrected chi connectivity index (χ3v) is 4.97. The van der Waals surface area contributed by atoms with E-state index >= 15 is 0 Å². The van der Waals surface area contributed by atoms with Crippen molar-refractivity contribution in [1.29, 1.82) is 0 Å². The monoisotopic (exact) mass is 273 g/mol. The third-order valence-electron chi connectivity index (χ3n) is 2.86. The molecular formula is C10H15N3O4S. The molecule has 1 aromatic rings. The number of nitrogens with zero attached hydrogens (tertiary/aromatic N) is 3. The Labute approximate surface area is 105 Å². The lowest BCUT2D eigenvalue weighted by atomic mass is 10.2. The molecule has 0 saturated carbocycles. The zero-order valence-corrected chi connectivity index (χ0v) is 10.8. The van der Waals surface area contributed by atoms with E-state index in [4.69, 9.17) is 5.11 Å². The average molecular weight is 273 g/mol. The van der Waals surface area contributed by atoms with Gasteiger partial charge in [-0.25, -0.2) is 18.2 Å². The third kappa shape index (κ3) is 2.70. The number of carboxylic acid groups (broad SMARTS) is 1. The highest BCUT2D eigenvalue weighted by molar-refractivity contribution is 7.89. The van der Waals surface area contributed by atoms with Crippen LogP contribution in [0.2, 0.25) is 0 Å². The number of carbonyl (C=O) groups is 1. The van der Waals surface area contributed by atoms with E-state index in [2.05, 4.69) is 4.98 Å². The van der Waals surface area contributed by atoms with Gasteiger partial charge in [0.1, 0.15) is 0 Å². The van der Waals surface area contributed by atoms with Crippen LogP contribution in [0.4, 0.5) is 0 Å². The van der Waals surface area contributed by atoms with Crippen LogP contribution in [-0.4, -0.2) is 52.2 Å². The van der Waals surface area contributed by atoms with Crippen LogP contribution < -0.4 is 0 Å². The Morgan fingerprint density at radius 1 is 1.56 bits per heavy atom. The second-order valence-corrected chi connectivity index (χ2v) is 6.56. The Balaban J connectivity index is 1.97. The quantitative estimate of drug-likeness (QED) is 0.824. The molecule has 0 spiro atoms. The molecule has 1 atom stereocenters. The van der Waals surface area contributed by atoms with E-state index in [0.29, 0.717) is 19.6 Å². The summed E-state index contributed by atoms with van der Waals surface area (Å²) >= 11 is 0. The fraction of sp³-hybridized carbons (Fsp3) is 0.600. The van der Waals surface area contributed by atoms with Crippen molar-refractivity contribution in [3.63, 3.8) is 0 Å². The normalized spacial score (nSPS) is 23.3. The molecule has 1 N–H and O–H groups in total. The van der Waals surface area contributed by atoms with Crippen molar-refractivity contribution in [2.45, 2.75) is 13.5 Å². The standard InChI is InChI=1S/C10H15N3O4S/c1-8-4-13(18(16,17)6-8)3-2-12-5-9(10(14)15)11-7-12/h5,7-8H,2-4,6H2,1H3,(H,14,15). The molecule has 0 bridgehead atoms. The van der Waals surface area contributed by atoms with Crippen LogP contribution in [0.15, 0.2) is 12.5 Å². The van der Waals surface area contributed by atoms with Crippen molar-refractivity contribution in [3.8, 4) is 0 Å². The second-order valence-electron chi connectivity index (χ2n) is 4.54. The van der Waals surface area contributed by atoms with Gasteiger partial charge in [0, 0.05) is 25.8 Å². The Morgan fingerprint density at radius 3 is 2.78 bits per heavy atom. The summed E-state index contributed by atoms with van der Waals surface area (Å²) in [6.07, 6.45) is 2.80. The van der Waals surface area contributed by atoms with E-state index in [1.807, 2.05) is 6.92 Å². The fourth-order valence-corrected chi connectivity index (χ4v) is 3.91. The molecule has 2 rings (SSSR count). The van der Waals surface area contributed by atoms with Crippen molar-refractivity contribution in [2.75, 3.05) is 18.8 Å². The lowest BCUT2D eigenvalue weighted by Crippen LogP contribution is -2.29. The highest BCUT2D eigenvalue weighted by Crippen LogP contribution is 2.18. The Kier molecular flexibility index (Phi) is 3.40. The summed E-state index contributed by atoms with van der Waals surface area (Å²) in [5.74, 6) is -0.749.